The highest BCUT2D eigenvalue weighted by Crippen LogP contribution is 2.26. The number of rotatable bonds is 8. The third-order valence-electron chi connectivity index (χ3n) is 6.17. The molecule has 0 saturated carbocycles. The zero-order chi connectivity index (χ0) is 29.5. The number of alkyl halides is 3. The van der Waals surface area contributed by atoms with Crippen molar-refractivity contribution in [2.24, 2.45) is 5.92 Å². The molecule has 216 valence electrons. The maximum atomic E-state index is 14.0. The van der Waals surface area contributed by atoms with Crippen molar-refractivity contribution < 1.29 is 26.4 Å². The number of pyridine rings is 1. The lowest BCUT2D eigenvalue weighted by molar-refractivity contribution is -0.165. The van der Waals surface area contributed by atoms with Gasteiger partial charge in [-0.25, -0.2) is 32.5 Å². The number of benzene rings is 1. The van der Waals surface area contributed by atoms with Gasteiger partial charge in [0, 0.05) is 16.8 Å². The summed E-state index contributed by atoms with van der Waals surface area (Å²) < 4.78 is 67.9. The molecular formula is C23H19Cl2F3N8O4S. The summed E-state index contributed by atoms with van der Waals surface area (Å²) in [5, 5.41) is 11.0. The molecule has 4 heterocycles. The van der Waals surface area contributed by atoms with Crippen LogP contribution in [0, 0.1) is 5.92 Å². The van der Waals surface area contributed by atoms with Crippen molar-refractivity contribution in [3.8, 4) is 17.2 Å². The van der Waals surface area contributed by atoms with Crippen LogP contribution in [0.25, 0.3) is 17.2 Å². The SMILES string of the molecule is O=C(N[C@H](Cn1c(-c2ccc(Cl)cc2)nn(Cc2ncn(-c3ncccc3Cl)n2)c1=O)C(F)(F)F)C1CS(=O)(=O)C1. The summed E-state index contributed by atoms with van der Waals surface area (Å²) in [7, 11) is -3.45. The number of carbonyl (C=O) groups is 1. The molecule has 1 fully saturated rings. The molecule has 0 bridgehead atoms. The fourth-order valence-corrected chi connectivity index (χ4v) is 5.86. The van der Waals surface area contributed by atoms with E-state index in [4.69, 9.17) is 23.2 Å². The maximum Gasteiger partial charge on any atom is 0.410 e. The number of amides is 1. The molecule has 3 aromatic heterocycles. The molecule has 41 heavy (non-hydrogen) atoms. The van der Waals surface area contributed by atoms with Gasteiger partial charge in [0.2, 0.25) is 5.91 Å². The first kappa shape index (κ1) is 28.8. The average molecular weight is 631 g/mol. The summed E-state index contributed by atoms with van der Waals surface area (Å²) in [6.07, 6.45) is -2.17. The molecule has 5 rings (SSSR count). The number of nitrogens with one attached hydrogen (secondary N) is 1. The van der Waals surface area contributed by atoms with Crippen LogP contribution in [0.1, 0.15) is 5.82 Å². The molecule has 4 aromatic rings. The Hall–Kier alpha value is -3.76. The molecule has 0 unspecified atom stereocenters. The number of nitrogens with zero attached hydrogens (tertiary/aromatic N) is 7. The molecule has 1 atom stereocenters. The minimum absolute atomic E-state index is 0.0907. The van der Waals surface area contributed by atoms with Crippen LogP contribution in [-0.2, 0) is 27.7 Å². The molecule has 1 saturated heterocycles. The van der Waals surface area contributed by atoms with E-state index in [1.807, 2.05) is 5.32 Å². The second kappa shape index (κ2) is 10.9. The van der Waals surface area contributed by atoms with Crippen LogP contribution < -0.4 is 11.0 Å². The van der Waals surface area contributed by atoms with Crippen LogP contribution in [0.2, 0.25) is 10.0 Å². The Morgan fingerprint density at radius 2 is 1.80 bits per heavy atom. The van der Waals surface area contributed by atoms with Gasteiger partial charge in [0.05, 0.1) is 29.0 Å². The smallest absolute Gasteiger partial charge is 0.343 e. The van der Waals surface area contributed by atoms with Crippen LogP contribution in [0.5, 0.6) is 0 Å². The highest BCUT2D eigenvalue weighted by molar-refractivity contribution is 7.92. The van der Waals surface area contributed by atoms with Crippen molar-refractivity contribution >= 4 is 38.9 Å². The number of halogens is 5. The van der Waals surface area contributed by atoms with Crippen molar-refractivity contribution in [3.63, 3.8) is 0 Å². The van der Waals surface area contributed by atoms with Crippen LogP contribution in [0.3, 0.4) is 0 Å². The van der Waals surface area contributed by atoms with Crippen molar-refractivity contribution in [3.05, 3.63) is 75.3 Å². The van der Waals surface area contributed by atoms with Gasteiger partial charge in [0.25, 0.3) is 0 Å². The van der Waals surface area contributed by atoms with Crippen molar-refractivity contribution in [1.29, 1.82) is 0 Å². The first-order valence-corrected chi connectivity index (χ1v) is 14.4. The lowest BCUT2D eigenvalue weighted by atomic mass is 10.1. The fourth-order valence-electron chi connectivity index (χ4n) is 4.09. The monoisotopic (exact) mass is 630 g/mol. The standard InChI is InChI=1S/C23H19Cl2F3N8O4S/c24-15-5-3-13(4-6-15)19-33-35(9-18-30-12-36(32-18)20-16(25)2-1-7-29-20)22(38)34(19)8-17(23(26,27)28)31-21(37)14-10-41(39,40)11-14/h1-7,12,14,17H,8-11H2,(H,31,37)/t17-/m1/s1. The van der Waals surface area contributed by atoms with E-state index in [9.17, 15) is 31.2 Å². The molecule has 0 aliphatic carbocycles. The van der Waals surface area contributed by atoms with Gasteiger partial charge >= 0.3 is 11.9 Å². The van der Waals surface area contributed by atoms with Gasteiger partial charge in [-0.2, -0.15) is 13.2 Å². The number of aromatic nitrogens is 7. The van der Waals surface area contributed by atoms with E-state index in [0.29, 0.717) is 5.02 Å². The maximum absolute atomic E-state index is 14.0. The molecule has 18 heteroatoms. The fraction of sp³-hybridized carbons (Fsp3) is 0.304. The normalized spacial score (nSPS) is 15.8. The Morgan fingerprint density at radius 1 is 1.10 bits per heavy atom. The predicted molar refractivity (Wildman–Crippen MR) is 140 cm³/mol. The van der Waals surface area contributed by atoms with E-state index in [1.165, 1.54) is 41.5 Å². The third-order valence-corrected chi connectivity index (χ3v) is 8.54. The van der Waals surface area contributed by atoms with E-state index in [1.54, 1.807) is 12.1 Å². The number of hydrogen-bond donors (Lipinski definition) is 1. The zero-order valence-electron chi connectivity index (χ0n) is 20.7. The van der Waals surface area contributed by atoms with E-state index < -0.39 is 57.6 Å². The largest absolute Gasteiger partial charge is 0.410 e. The Labute approximate surface area is 239 Å². The molecule has 1 N–H and O–H groups in total. The lowest BCUT2D eigenvalue weighted by Crippen LogP contribution is -2.55. The van der Waals surface area contributed by atoms with Crippen LogP contribution >= 0.6 is 23.2 Å². The number of hydrogen-bond acceptors (Lipinski definition) is 8. The molecule has 12 nitrogen and oxygen atoms in total. The van der Waals surface area contributed by atoms with Crippen molar-refractivity contribution in [1.82, 2.24) is 39.4 Å². The highest BCUT2D eigenvalue weighted by atomic mass is 35.5. The van der Waals surface area contributed by atoms with Crippen molar-refractivity contribution in [2.75, 3.05) is 11.5 Å². The van der Waals surface area contributed by atoms with E-state index in [0.717, 1.165) is 9.25 Å². The molecule has 1 aromatic carbocycles. The van der Waals surface area contributed by atoms with Gasteiger partial charge in [0.1, 0.15) is 18.9 Å². The third kappa shape index (κ3) is 6.28. The summed E-state index contributed by atoms with van der Waals surface area (Å²) in [6.45, 7) is -1.34. The average Bonchev–Trinajstić information content (AvgIpc) is 3.47. The highest BCUT2D eigenvalue weighted by Gasteiger charge is 2.45. The minimum atomic E-state index is -4.97. The Balaban J connectivity index is 1.47. The van der Waals surface area contributed by atoms with Gasteiger partial charge in [0.15, 0.2) is 27.3 Å². The molecule has 1 aliphatic rings. The summed E-state index contributed by atoms with van der Waals surface area (Å²) in [4.78, 5) is 34.0. The van der Waals surface area contributed by atoms with Gasteiger partial charge in [-0.1, -0.05) is 23.2 Å². The van der Waals surface area contributed by atoms with E-state index in [-0.39, 0.29) is 34.6 Å². The van der Waals surface area contributed by atoms with Crippen LogP contribution in [0.4, 0.5) is 13.2 Å². The molecule has 0 radical (unpaired) electrons. The van der Waals surface area contributed by atoms with Crippen LogP contribution in [-0.4, -0.2) is 72.1 Å². The second-order valence-corrected chi connectivity index (χ2v) is 12.2. The molecule has 1 amide bonds. The van der Waals surface area contributed by atoms with Crippen LogP contribution in [0.15, 0.2) is 53.7 Å². The van der Waals surface area contributed by atoms with E-state index >= 15 is 0 Å². The summed E-state index contributed by atoms with van der Waals surface area (Å²) >= 11 is 12.1. The number of carbonyl (C=O) groups excluding carboxylic acids is 1. The summed E-state index contributed by atoms with van der Waals surface area (Å²) in [6, 6.07) is 6.61. The Kier molecular flexibility index (Phi) is 7.65. The van der Waals surface area contributed by atoms with Gasteiger partial charge in [-0.05, 0) is 36.4 Å². The Morgan fingerprint density at radius 3 is 2.44 bits per heavy atom. The number of sulfone groups is 1. The van der Waals surface area contributed by atoms with Gasteiger partial charge in [-0.3, -0.25) is 9.36 Å². The van der Waals surface area contributed by atoms with Gasteiger partial charge < -0.3 is 5.32 Å². The van der Waals surface area contributed by atoms with E-state index in [2.05, 4.69) is 20.2 Å². The topological polar surface area (TPSA) is 147 Å². The quantitative estimate of drug-likeness (QED) is 0.311. The zero-order valence-corrected chi connectivity index (χ0v) is 23.0. The summed E-state index contributed by atoms with van der Waals surface area (Å²) in [5.74, 6) is -3.02. The molecule has 0 spiro atoms. The Bertz CT molecular complexity index is 1760. The summed E-state index contributed by atoms with van der Waals surface area (Å²) in [5.41, 5.74) is -0.654. The van der Waals surface area contributed by atoms with Gasteiger partial charge in [-0.15, -0.1) is 10.2 Å². The molecule has 1 aliphatic heterocycles. The first-order valence-electron chi connectivity index (χ1n) is 11.8. The second-order valence-electron chi connectivity index (χ2n) is 9.17. The molecular weight excluding hydrogens is 612 g/mol. The lowest BCUT2D eigenvalue weighted by Gasteiger charge is -2.28. The van der Waals surface area contributed by atoms with Crippen molar-refractivity contribution in [2.45, 2.75) is 25.3 Å². The first-order chi connectivity index (χ1) is 19.3. The minimum Gasteiger partial charge on any atom is -0.343 e. The predicted octanol–water partition coefficient (Wildman–Crippen LogP) is 2.13.